The number of carbonyl (C=O) groups excluding carboxylic acids is 1. The molecule has 0 aliphatic carbocycles. The number of nitrogens with zero attached hydrogens (tertiary/aromatic N) is 4. The topological polar surface area (TPSA) is 58.6 Å². The summed E-state index contributed by atoms with van der Waals surface area (Å²) in [7, 11) is 3.59. The highest BCUT2D eigenvalue weighted by atomic mass is 16.5. The molecular formula is C15H22N4O2. The van der Waals surface area contributed by atoms with Crippen molar-refractivity contribution >= 4 is 6.03 Å². The van der Waals surface area contributed by atoms with E-state index in [0.29, 0.717) is 5.92 Å². The van der Waals surface area contributed by atoms with E-state index in [1.54, 1.807) is 25.3 Å². The van der Waals surface area contributed by atoms with Crippen LogP contribution in [0, 0.1) is 0 Å². The first-order valence-corrected chi connectivity index (χ1v) is 7.53. The fraction of sp³-hybridized carbons (Fsp3) is 0.667. The quantitative estimate of drug-likeness (QED) is 0.776. The number of fused-ring (bicyclic) bond motifs is 1. The largest absolute Gasteiger partial charge is 0.381 e. The predicted octanol–water partition coefficient (Wildman–Crippen LogP) is 1.06. The number of hydrogen-bond donors (Lipinski definition) is 0. The molecule has 2 amide bonds. The van der Waals surface area contributed by atoms with Crippen LogP contribution in [0.25, 0.3) is 0 Å². The molecule has 0 aromatic carbocycles. The van der Waals surface area contributed by atoms with Gasteiger partial charge in [-0.05, 0) is 18.4 Å². The van der Waals surface area contributed by atoms with Gasteiger partial charge in [-0.3, -0.25) is 0 Å². The maximum atomic E-state index is 12.1. The third-order valence-electron chi connectivity index (χ3n) is 4.29. The van der Waals surface area contributed by atoms with Crippen molar-refractivity contribution in [3.8, 4) is 0 Å². The molecule has 21 heavy (non-hydrogen) atoms. The second-order valence-electron chi connectivity index (χ2n) is 5.91. The van der Waals surface area contributed by atoms with Crippen LogP contribution in [0.1, 0.15) is 29.3 Å². The molecule has 1 atom stereocenters. The van der Waals surface area contributed by atoms with Crippen molar-refractivity contribution in [3.05, 3.63) is 23.3 Å². The zero-order valence-electron chi connectivity index (χ0n) is 12.7. The molecule has 0 spiro atoms. The van der Waals surface area contributed by atoms with Crippen LogP contribution in [0.4, 0.5) is 4.79 Å². The first kappa shape index (κ1) is 14.3. The van der Waals surface area contributed by atoms with Crippen LogP contribution in [-0.4, -0.2) is 66.2 Å². The normalized spacial score (nSPS) is 21.8. The third-order valence-corrected chi connectivity index (χ3v) is 4.29. The maximum Gasteiger partial charge on any atom is 0.319 e. The molecule has 2 aliphatic heterocycles. The zero-order valence-corrected chi connectivity index (χ0v) is 12.7. The van der Waals surface area contributed by atoms with Gasteiger partial charge in [0.15, 0.2) is 0 Å². The standard InChI is InChI=1S/C15H22N4O2/c1-18(2)15(20)19-6-3-12-13(4-7-19)16-10-17-14(12)11-5-8-21-9-11/h10-11H,3-9H2,1-2H3. The molecule has 6 heteroatoms. The molecular weight excluding hydrogens is 268 g/mol. The number of aromatic nitrogens is 2. The summed E-state index contributed by atoms with van der Waals surface area (Å²) in [4.78, 5) is 24.6. The Morgan fingerprint density at radius 1 is 1.33 bits per heavy atom. The Bertz CT molecular complexity index is 526. The molecule has 1 aromatic heterocycles. The molecule has 1 saturated heterocycles. The van der Waals surface area contributed by atoms with Gasteiger partial charge >= 0.3 is 6.03 Å². The highest BCUT2D eigenvalue weighted by Crippen LogP contribution is 2.28. The summed E-state index contributed by atoms with van der Waals surface area (Å²) in [5.41, 5.74) is 3.47. The van der Waals surface area contributed by atoms with Gasteiger partial charge in [-0.2, -0.15) is 0 Å². The van der Waals surface area contributed by atoms with E-state index in [0.717, 1.165) is 57.0 Å². The van der Waals surface area contributed by atoms with Crippen molar-refractivity contribution in [2.75, 3.05) is 40.4 Å². The van der Waals surface area contributed by atoms with E-state index < -0.39 is 0 Å². The molecule has 3 heterocycles. The monoisotopic (exact) mass is 290 g/mol. The molecule has 0 N–H and O–H groups in total. The second-order valence-corrected chi connectivity index (χ2v) is 5.91. The lowest BCUT2D eigenvalue weighted by Crippen LogP contribution is -2.40. The third kappa shape index (κ3) is 2.85. The van der Waals surface area contributed by atoms with Gasteiger partial charge in [0.2, 0.25) is 0 Å². The summed E-state index contributed by atoms with van der Waals surface area (Å²) in [5.74, 6) is 0.387. The van der Waals surface area contributed by atoms with Crippen molar-refractivity contribution in [1.29, 1.82) is 0 Å². The van der Waals surface area contributed by atoms with Crippen LogP contribution in [-0.2, 0) is 17.6 Å². The lowest BCUT2D eigenvalue weighted by molar-refractivity contribution is 0.173. The number of ether oxygens (including phenoxy) is 1. The van der Waals surface area contributed by atoms with Gasteiger partial charge in [0.25, 0.3) is 0 Å². The Labute approximate surface area is 125 Å². The van der Waals surface area contributed by atoms with E-state index in [-0.39, 0.29) is 6.03 Å². The molecule has 3 rings (SSSR count). The maximum absolute atomic E-state index is 12.1. The van der Waals surface area contributed by atoms with Gasteiger partial charge < -0.3 is 14.5 Å². The predicted molar refractivity (Wildman–Crippen MR) is 78.3 cm³/mol. The van der Waals surface area contributed by atoms with Crippen molar-refractivity contribution in [3.63, 3.8) is 0 Å². The Balaban J connectivity index is 1.82. The second kappa shape index (κ2) is 5.97. The lowest BCUT2D eigenvalue weighted by atomic mass is 9.96. The highest BCUT2D eigenvalue weighted by Gasteiger charge is 2.27. The lowest BCUT2D eigenvalue weighted by Gasteiger charge is -2.24. The molecule has 0 saturated carbocycles. The van der Waals surface area contributed by atoms with Crippen molar-refractivity contribution in [2.24, 2.45) is 0 Å². The average molecular weight is 290 g/mol. The van der Waals surface area contributed by atoms with E-state index in [4.69, 9.17) is 4.74 Å². The summed E-state index contributed by atoms with van der Waals surface area (Å²) >= 11 is 0. The minimum atomic E-state index is 0.0708. The van der Waals surface area contributed by atoms with E-state index in [1.807, 2.05) is 4.90 Å². The van der Waals surface area contributed by atoms with Gasteiger partial charge in [-0.25, -0.2) is 14.8 Å². The first-order chi connectivity index (χ1) is 10.2. The average Bonchev–Trinajstić information content (AvgIpc) is 2.92. The number of amides is 2. The summed E-state index contributed by atoms with van der Waals surface area (Å²) in [5, 5.41) is 0. The van der Waals surface area contributed by atoms with Gasteiger partial charge in [0, 0.05) is 51.8 Å². The van der Waals surface area contributed by atoms with E-state index in [1.165, 1.54) is 5.56 Å². The zero-order chi connectivity index (χ0) is 14.8. The summed E-state index contributed by atoms with van der Waals surface area (Å²) in [6.45, 7) is 3.03. The summed E-state index contributed by atoms with van der Waals surface area (Å²) < 4.78 is 5.49. The fourth-order valence-corrected chi connectivity index (χ4v) is 3.13. The van der Waals surface area contributed by atoms with Crippen LogP contribution >= 0.6 is 0 Å². The van der Waals surface area contributed by atoms with Crippen LogP contribution in [0.5, 0.6) is 0 Å². The Morgan fingerprint density at radius 2 is 2.14 bits per heavy atom. The van der Waals surface area contributed by atoms with Crippen LogP contribution in [0.3, 0.4) is 0 Å². The highest BCUT2D eigenvalue weighted by molar-refractivity contribution is 5.74. The van der Waals surface area contributed by atoms with Crippen LogP contribution in [0.2, 0.25) is 0 Å². The van der Waals surface area contributed by atoms with E-state index in [9.17, 15) is 4.79 Å². The molecule has 1 unspecified atom stereocenters. The molecule has 6 nitrogen and oxygen atoms in total. The van der Waals surface area contributed by atoms with Crippen LogP contribution in [0.15, 0.2) is 6.33 Å². The molecule has 2 aliphatic rings. The molecule has 0 radical (unpaired) electrons. The fourth-order valence-electron chi connectivity index (χ4n) is 3.13. The smallest absolute Gasteiger partial charge is 0.319 e. The Hall–Kier alpha value is -1.69. The Kier molecular flexibility index (Phi) is 4.05. The number of urea groups is 1. The van der Waals surface area contributed by atoms with Crippen molar-refractivity contribution in [2.45, 2.75) is 25.2 Å². The first-order valence-electron chi connectivity index (χ1n) is 7.53. The van der Waals surface area contributed by atoms with E-state index >= 15 is 0 Å². The van der Waals surface area contributed by atoms with Gasteiger partial charge in [-0.1, -0.05) is 0 Å². The van der Waals surface area contributed by atoms with Gasteiger partial charge in [0.05, 0.1) is 12.3 Å². The van der Waals surface area contributed by atoms with Gasteiger partial charge in [0.1, 0.15) is 6.33 Å². The van der Waals surface area contributed by atoms with Crippen LogP contribution < -0.4 is 0 Å². The molecule has 114 valence electrons. The number of rotatable bonds is 1. The number of hydrogen-bond acceptors (Lipinski definition) is 4. The van der Waals surface area contributed by atoms with E-state index in [2.05, 4.69) is 9.97 Å². The SMILES string of the molecule is CN(C)C(=O)N1CCc2ncnc(C3CCOC3)c2CC1. The molecule has 1 aromatic rings. The molecule has 0 bridgehead atoms. The summed E-state index contributed by atoms with van der Waals surface area (Å²) in [6, 6.07) is 0.0708. The van der Waals surface area contributed by atoms with Gasteiger partial charge in [-0.15, -0.1) is 0 Å². The minimum Gasteiger partial charge on any atom is -0.381 e. The minimum absolute atomic E-state index is 0.0708. The number of carbonyl (C=O) groups is 1. The van der Waals surface area contributed by atoms with Crippen molar-refractivity contribution < 1.29 is 9.53 Å². The Morgan fingerprint density at radius 3 is 2.86 bits per heavy atom. The van der Waals surface area contributed by atoms with Crippen molar-refractivity contribution in [1.82, 2.24) is 19.8 Å². The summed E-state index contributed by atoms with van der Waals surface area (Å²) in [6.07, 6.45) is 4.33. The molecule has 1 fully saturated rings.